The number of nitrogens with zero attached hydrogens (tertiary/aromatic N) is 1. The Balaban J connectivity index is 1.01. The number of nitrogens with one attached hydrogen (secondary N) is 2. The van der Waals surface area contributed by atoms with Gasteiger partial charge in [-0.25, -0.2) is 0 Å². The Bertz CT molecular complexity index is 1360. The standard InChI is InChI=1S/C44H71N3O12/c1-2-3-4-5-6-7-8-9-10-11-14-22-53-24-26-55-28-30-57-32-34-59-35-33-58-31-29-56-27-25-54-23-15-12-13-19-39(48)45-37-18-16-17-36-41(37)44(52)47(43(36)51)38-20-21-40(49)46-42(38)50/h16-18,38H,2-15,19-35H2,1H3,(H,45,48)(H,46,49,50). The topological polar surface area (TPSA) is 177 Å². The number of rotatable bonds is 38. The number of imide groups is 2. The van der Waals surface area contributed by atoms with Crippen LogP contribution in [0, 0.1) is 0 Å². The Morgan fingerprint density at radius 2 is 1.03 bits per heavy atom. The molecule has 334 valence electrons. The molecule has 2 N–H and O–H groups in total. The smallest absolute Gasteiger partial charge is 0.264 e. The van der Waals surface area contributed by atoms with Gasteiger partial charge in [-0.2, -0.15) is 0 Å². The lowest BCUT2D eigenvalue weighted by Crippen LogP contribution is -2.54. The molecule has 2 aliphatic rings. The van der Waals surface area contributed by atoms with Crippen molar-refractivity contribution in [2.75, 3.05) is 97.8 Å². The number of carbonyl (C=O) groups excluding carboxylic acids is 5. The number of anilines is 1. The van der Waals surface area contributed by atoms with E-state index in [1.54, 1.807) is 12.1 Å². The van der Waals surface area contributed by atoms with Crippen molar-refractivity contribution in [3.63, 3.8) is 0 Å². The van der Waals surface area contributed by atoms with Crippen LogP contribution in [0.4, 0.5) is 5.69 Å². The first-order valence-corrected chi connectivity index (χ1v) is 22.1. The summed E-state index contributed by atoms with van der Waals surface area (Å²) in [4.78, 5) is 63.6. The molecule has 1 fully saturated rings. The SMILES string of the molecule is CCCCCCCCCCCCCOCCOCCOCCOCCOCCOCCOCCCCCC(=O)Nc1cccc2c1C(=O)N(C1CCC(=O)NC1=O)C2=O. The van der Waals surface area contributed by atoms with Crippen molar-refractivity contribution in [2.24, 2.45) is 0 Å². The van der Waals surface area contributed by atoms with Gasteiger partial charge in [0.15, 0.2) is 0 Å². The van der Waals surface area contributed by atoms with E-state index in [1.807, 2.05) is 0 Å². The number of ether oxygens (including phenoxy) is 7. The molecule has 0 aromatic heterocycles. The van der Waals surface area contributed by atoms with Crippen LogP contribution in [0.2, 0.25) is 0 Å². The van der Waals surface area contributed by atoms with E-state index in [1.165, 1.54) is 70.3 Å². The normalized spacial score (nSPS) is 15.3. The molecule has 5 amide bonds. The second-order valence-corrected chi connectivity index (χ2v) is 14.9. The van der Waals surface area contributed by atoms with Crippen LogP contribution in [0.15, 0.2) is 18.2 Å². The van der Waals surface area contributed by atoms with Crippen LogP contribution < -0.4 is 10.6 Å². The van der Waals surface area contributed by atoms with E-state index < -0.39 is 29.7 Å². The van der Waals surface area contributed by atoms with E-state index in [9.17, 15) is 24.0 Å². The zero-order valence-corrected chi connectivity index (χ0v) is 35.6. The van der Waals surface area contributed by atoms with Crippen molar-refractivity contribution < 1.29 is 57.1 Å². The number of hydrogen-bond acceptors (Lipinski definition) is 12. The maximum atomic E-state index is 13.2. The van der Waals surface area contributed by atoms with Gasteiger partial charge in [0.25, 0.3) is 11.8 Å². The molecule has 1 saturated heterocycles. The predicted octanol–water partition coefficient (Wildman–Crippen LogP) is 6.01. The van der Waals surface area contributed by atoms with E-state index in [0.717, 1.165) is 30.8 Å². The highest BCUT2D eigenvalue weighted by atomic mass is 16.6. The van der Waals surface area contributed by atoms with Crippen LogP contribution in [0.25, 0.3) is 0 Å². The highest BCUT2D eigenvalue weighted by Crippen LogP contribution is 2.32. The van der Waals surface area contributed by atoms with E-state index in [2.05, 4.69) is 17.6 Å². The Hall–Kier alpha value is -3.31. The lowest BCUT2D eigenvalue weighted by molar-refractivity contribution is -0.136. The molecule has 2 aliphatic heterocycles. The summed E-state index contributed by atoms with van der Waals surface area (Å²) in [5.74, 6) is -2.69. The van der Waals surface area contributed by atoms with Crippen molar-refractivity contribution in [3.8, 4) is 0 Å². The van der Waals surface area contributed by atoms with Gasteiger partial charge in [-0.05, 0) is 37.8 Å². The highest BCUT2D eigenvalue weighted by molar-refractivity contribution is 6.26. The Morgan fingerprint density at radius 3 is 1.51 bits per heavy atom. The van der Waals surface area contributed by atoms with E-state index in [0.29, 0.717) is 92.3 Å². The van der Waals surface area contributed by atoms with E-state index >= 15 is 0 Å². The first kappa shape index (κ1) is 50.0. The number of fused-ring (bicyclic) bond motifs is 1. The van der Waals surface area contributed by atoms with E-state index in [-0.39, 0.29) is 42.0 Å². The number of unbranched alkanes of at least 4 members (excludes halogenated alkanes) is 12. The van der Waals surface area contributed by atoms with Crippen molar-refractivity contribution >= 4 is 35.2 Å². The third-order valence-corrected chi connectivity index (χ3v) is 10.1. The number of piperidine rings is 1. The summed E-state index contributed by atoms with van der Waals surface area (Å²) in [6.45, 7) is 9.75. The summed E-state index contributed by atoms with van der Waals surface area (Å²) in [6, 6.07) is 3.55. The summed E-state index contributed by atoms with van der Waals surface area (Å²) >= 11 is 0. The van der Waals surface area contributed by atoms with Gasteiger partial charge in [0.05, 0.1) is 96.1 Å². The fourth-order valence-corrected chi connectivity index (χ4v) is 6.79. The average molecular weight is 834 g/mol. The molecule has 1 atom stereocenters. The number of benzene rings is 1. The van der Waals surface area contributed by atoms with E-state index in [4.69, 9.17) is 33.2 Å². The lowest BCUT2D eigenvalue weighted by atomic mass is 10.0. The summed E-state index contributed by atoms with van der Waals surface area (Å²) in [6.07, 6.45) is 17.2. The van der Waals surface area contributed by atoms with Crippen molar-refractivity contribution in [1.82, 2.24) is 10.2 Å². The van der Waals surface area contributed by atoms with Crippen LogP contribution in [-0.4, -0.2) is 133 Å². The number of amides is 5. The van der Waals surface area contributed by atoms with Gasteiger partial charge in [-0.1, -0.05) is 83.6 Å². The van der Waals surface area contributed by atoms with Gasteiger partial charge in [-0.3, -0.25) is 34.2 Å². The Kier molecular flexibility index (Phi) is 27.5. The molecule has 15 heteroatoms. The molecule has 0 aliphatic carbocycles. The lowest BCUT2D eigenvalue weighted by Gasteiger charge is -2.27. The minimum Gasteiger partial charge on any atom is -0.379 e. The number of carbonyl (C=O) groups is 5. The monoisotopic (exact) mass is 834 g/mol. The van der Waals surface area contributed by atoms with Crippen molar-refractivity contribution in [2.45, 2.75) is 122 Å². The first-order valence-electron chi connectivity index (χ1n) is 22.1. The minimum absolute atomic E-state index is 0.0328. The van der Waals surface area contributed by atoms with Gasteiger partial charge in [-0.15, -0.1) is 0 Å². The van der Waals surface area contributed by atoms with Crippen LogP contribution in [0.1, 0.15) is 137 Å². The first-order chi connectivity index (χ1) is 28.9. The van der Waals surface area contributed by atoms with Crippen LogP contribution >= 0.6 is 0 Å². The Morgan fingerprint density at radius 1 is 0.593 bits per heavy atom. The fraction of sp³-hybridized carbons (Fsp3) is 0.750. The molecule has 0 bridgehead atoms. The van der Waals surface area contributed by atoms with Crippen LogP contribution in [0.5, 0.6) is 0 Å². The second kappa shape index (κ2) is 32.5. The van der Waals surface area contributed by atoms with Crippen LogP contribution in [0.3, 0.4) is 0 Å². The van der Waals surface area contributed by atoms with Gasteiger partial charge in [0.1, 0.15) is 6.04 Å². The van der Waals surface area contributed by atoms with Gasteiger partial charge in [0.2, 0.25) is 17.7 Å². The molecule has 1 unspecified atom stereocenters. The molecular weight excluding hydrogens is 762 g/mol. The molecule has 1 aromatic carbocycles. The fourth-order valence-electron chi connectivity index (χ4n) is 6.79. The van der Waals surface area contributed by atoms with Crippen LogP contribution in [-0.2, 0) is 47.5 Å². The summed E-state index contributed by atoms with van der Waals surface area (Å²) in [5, 5.41) is 4.92. The van der Waals surface area contributed by atoms with Crippen molar-refractivity contribution in [1.29, 1.82) is 0 Å². The molecule has 1 aromatic rings. The highest BCUT2D eigenvalue weighted by Gasteiger charge is 2.45. The molecule has 3 rings (SSSR count). The largest absolute Gasteiger partial charge is 0.379 e. The third kappa shape index (κ3) is 21.2. The van der Waals surface area contributed by atoms with Gasteiger partial charge in [0, 0.05) is 26.1 Å². The maximum Gasteiger partial charge on any atom is 0.264 e. The zero-order valence-electron chi connectivity index (χ0n) is 35.6. The quantitative estimate of drug-likeness (QED) is 0.0587. The number of hydrogen-bond donors (Lipinski definition) is 2. The molecule has 0 saturated carbocycles. The molecule has 0 radical (unpaired) electrons. The average Bonchev–Trinajstić information content (AvgIpc) is 3.48. The third-order valence-electron chi connectivity index (χ3n) is 10.1. The van der Waals surface area contributed by atoms with Gasteiger partial charge < -0.3 is 38.5 Å². The molecule has 15 nitrogen and oxygen atoms in total. The summed E-state index contributed by atoms with van der Waals surface area (Å²) in [7, 11) is 0. The summed E-state index contributed by atoms with van der Waals surface area (Å²) in [5.41, 5.74) is 0.400. The maximum absolute atomic E-state index is 13.2. The molecular formula is C44H71N3O12. The van der Waals surface area contributed by atoms with Crippen molar-refractivity contribution in [3.05, 3.63) is 29.3 Å². The zero-order chi connectivity index (χ0) is 42.2. The Labute approximate surface area is 351 Å². The molecule has 2 heterocycles. The predicted molar refractivity (Wildman–Crippen MR) is 222 cm³/mol. The summed E-state index contributed by atoms with van der Waals surface area (Å²) < 4.78 is 38.9. The molecule has 0 spiro atoms. The minimum atomic E-state index is -1.07. The van der Waals surface area contributed by atoms with Gasteiger partial charge >= 0.3 is 0 Å². The molecule has 59 heavy (non-hydrogen) atoms. The second-order valence-electron chi connectivity index (χ2n) is 14.9.